The van der Waals surface area contributed by atoms with Gasteiger partial charge >= 0.3 is 6.03 Å². The van der Waals surface area contributed by atoms with E-state index in [0.717, 1.165) is 5.56 Å². The maximum Gasteiger partial charge on any atom is 0.322 e. The van der Waals surface area contributed by atoms with Crippen LogP contribution < -0.4 is 10.2 Å². The highest BCUT2D eigenvalue weighted by Crippen LogP contribution is 2.25. The van der Waals surface area contributed by atoms with Crippen molar-refractivity contribution in [2.24, 2.45) is 5.92 Å². The Morgan fingerprint density at radius 3 is 2.74 bits per heavy atom. The number of halogens is 2. The molecule has 1 saturated heterocycles. The molecule has 2 heterocycles. The summed E-state index contributed by atoms with van der Waals surface area (Å²) in [5.74, 6) is 0.862. The van der Waals surface area contributed by atoms with Crippen LogP contribution in [0.15, 0.2) is 30.5 Å². The second kappa shape index (κ2) is 8.31. The van der Waals surface area contributed by atoms with Crippen LogP contribution in [-0.2, 0) is 0 Å². The second-order valence-corrected chi connectivity index (χ2v) is 7.84. The van der Waals surface area contributed by atoms with E-state index in [4.69, 9.17) is 23.2 Å². The number of aryl methyl sites for hydroxylation is 1. The van der Waals surface area contributed by atoms with Crippen LogP contribution in [0.3, 0.4) is 0 Å². The molecule has 1 aliphatic heterocycles. The van der Waals surface area contributed by atoms with E-state index < -0.39 is 0 Å². The molecule has 1 fully saturated rings. The maximum atomic E-state index is 12.9. The number of urea groups is 1. The van der Waals surface area contributed by atoms with Crippen molar-refractivity contribution in [3.05, 3.63) is 46.2 Å². The molecule has 0 bridgehead atoms. The van der Waals surface area contributed by atoms with Crippen molar-refractivity contribution in [2.75, 3.05) is 29.9 Å². The predicted octanol–water partition coefficient (Wildman–Crippen LogP) is 4.47. The first kappa shape index (κ1) is 19.7. The zero-order chi connectivity index (χ0) is 19.6. The first-order valence-electron chi connectivity index (χ1n) is 8.92. The number of piperazine rings is 1. The fourth-order valence-corrected chi connectivity index (χ4v) is 3.51. The number of aromatic nitrogens is 2. The van der Waals surface area contributed by atoms with Gasteiger partial charge in [-0.1, -0.05) is 43.1 Å². The highest BCUT2D eigenvalue weighted by molar-refractivity contribution is 6.33. The molecule has 144 valence electrons. The van der Waals surface area contributed by atoms with Gasteiger partial charge in [-0.05, 0) is 36.6 Å². The number of rotatable bonds is 3. The third-order valence-corrected chi connectivity index (χ3v) is 5.24. The van der Waals surface area contributed by atoms with Gasteiger partial charge in [0, 0.05) is 25.8 Å². The Morgan fingerprint density at radius 2 is 2.04 bits per heavy atom. The maximum absolute atomic E-state index is 12.9. The van der Waals surface area contributed by atoms with Crippen molar-refractivity contribution in [3.8, 4) is 0 Å². The molecule has 2 amide bonds. The Labute approximate surface area is 169 Å². The minimum atomic E-state index is -0.145. The zero-order valence-corrected chi connectivity index (χ0v) is 17.1. The summed E-state index contributed by atoms with van der Waals surface area (Å²) in [6.45, 7) is 8.02. The predicted molar refractivity (Wildman–Crippen MR) is 110 cm³/mol. The third-order valence-electron chi connectivity index (χ3n) is 4.70. The molecule has 1 atom stereocenters. The van der Waals surface area contributed by atoms with Gasteiger partial charge in [-0.15, -0.1) is 0 Å². The Hall–Kier alpha value is -2.05. The molecule has 6 nitrogen and oxygen atoms in total. The molecular weight excluding hydrogens is 385 g/mol. The summed E-state index contributed by atoms with van der Waals surface area (Å²) < 4.78 is 0. The fraction of sp³-hybridized carbons (Fsp3) is 0.421. The average molecular weight is 408 g/mol. The molecule has 1 aromatic heterocycles. The van der Waals surface area contributed by atoms with Gasteiger partial charge in [0.15, 0.2) is 0 Å². The summed E-state index contributed by atoms with van der Waals surface area (Å²) in [6.07, 6.45) is 1.65. The second-order valence-electron chi connectivity index (χ2n) is 7.04. The van der Waals surface area contributed by atoms with Crippen molar-refractivity contribution in [1.29, 1.82) is 0 Å². The third kappa shape index (κ3) is 4.62. The van der Waals surface area contributed by atoms with Crippen molar-refractivity contribution >= 4 is 40.9 Å². The number of hydrogen-bond acceptors (Lipinski definition) is 4. The van der Waals surface area contributed by atoms with Gasteiger partial charge in [-0.3, -0.25) is 0 Å². The van der Waals surface area contributed by atoms with Crippen LogP contribution in [0.4, 0.5) is 16.4 Å². The molecule has 3 rings (SSSR count). The number of nitrogens with one attached hydrogen (secondary N) is 1. The van der Waals surface area contributed by atoms with Gasteiger partial charge in [0.05, 0.1) is 16.8 Å². The van der Waals surface area contributed by atoms with Crippen molar-refractivity contribution in [1.82, 2.24) is 14.9 Å². The monoisotopic (exact) mass is 407 g/mol. The van der Waals surface area contributed by atoms with Crippen LogP contribution in [0.2, 0.25) is 10.2 Å². The lowest BCUT2D eigenvalue weighted by molar-refractivity contribution is 0.156. The topological polar surface area (TPSA) is 61.4 Å². The summed E-state index contributed by atoms with van der Waals surface area (Å²) >= 11 is 12.2. The smallest absolute Gasteiger partial charge is 0.322 e. The number of amides is 2. The summed E-state index contributed by atoms with van der Waals surface area (Å²) in [6, 6.07) is 7.11. The lowest BCUT2D eigenvalue weighted by Crippen LogP contribution is -2.58. The summed E-state index contributed by atoms with van der Waals surface area (Å²) in [7, 11) is 0. The molecule has 0 spiro atoms. The number of nitrogens with zero attached hydrogens (tertiary/aromatic N) is 4. The van der Waals surface area contributed by atoms with Crippen LogP contribution in [0.1, 0.15) is 19.4 Å². The first-order valence-corrected chi connectivity index (χ1v) is 9.68. The van der Waals surface area contributed by atoms with Gasteiger partial charge in [-0.25, -0.2) is 14.8 Å². The summed E-state index contributed by atoms with van der Waals surface area (Å²) in [4.78, 5) is 25.5. The molecule has 1 N–H and O–H groups in total. The molecule has 1 aliphatic rings. The summed E-state index contributed by atoms with van der Waals surface area (Å²) in [5.41, 5.74) is 1.67. The molecule has 0 aliphatic carbocycles. The Morgan fingerprint density at radius 1 is 1.26 bits per heavy atom. The van der Waals surface area contributed by atoms with E-state index in [1.807, 2.05) is 24.0 Å². The fourth-order valence-electron chi connectivity index (χ4n) is 3.22. The van der Waals surface area contributed by atoms with E-state index >= 15 is 0 Å². The van der Waals surface area contributed by atoms with Crippen LogP contribution >= 0.6 is 23.2 Å². The number of carbonyl (C=O) groups is 1. The summed E-state index contributed by atoms with van der Waals surface area (Å²) in [5, 5.41) is 3.89. The number of anilines is 2. The van der Waals surface area contributed by atoms with Crippen LogP contribution in [0, 0.1) is 12.8 Å². The van der Waals surface area contributed by atoms with Gasteiger partial charge in [0.2, 0.25) is 5.95 Å². The van der Waals surface area contributed by atoms with Crippen molar-refractivity contribution in [2.45, 2.75) is 26.8 Å². The highest BCUT2D eigenvalue weighted by atomic mass is 35.5. The quantitative estimate of drug-likeness (QED) is 0.762. The van der Waals surface area contributed by atoms with Gasteiger partial charge in [0.1, 0.15) is 5.15 Å². The van der Waals surface area contributed by atoms with Crippen LogP contribution in [0.25, 0.3) is 0 Å². The Kier molecular flexibility index (Phi) is 6.07. The van der Waals surface area contributed by atoms with Gasteiger partial charge < -0.3 is 15.1 Å². The van der Waals surface area contributed by atoms with Crippen LogP contribution in [-0.4, -0.2) is 46.6 Å². The minimum Gasteiger partial charge on any atom is -0.337 e. The lowest BCUT2D eigenvalue weighted by atomic mass is 10.00. The molecule has 0 saturated carbocycles. The van der Waals surface area contributed by atoms with E-state index in [-0.39, 0.29) is 18.0 Å². The molecule has 1 unspecified atom stereocenters. The molecule has 0 radical (unpaired) electrons. The van der Waals surface area contributed by atoms with Crippen molar-refractivity contribution in [3.63, 3.8) is 0 Å². The SMILES string of the molecule is Cc1ccc(Cl)c(NC(=O)N2CCN(c3nccc(Cl)n3)CC2C(C)C)c1. The Bertz CT molecular complexity index is 829. The van der Waals surface area contributed by atoms with E-state index in [9.17, 15) is 4.79 Å². The number of hydrogen-bond donors (Lipinski definition) is 1. The molecular formula is C19H23Cl2N5O. The first-order chi connectivity index (χ1) is 12.8. The largest absolute Gasteiger partial charge is 0.337 e. The van der Waals surface area contributed by atoms with E-state index in [0.29, 0.717) is 41.4 Å². The molecule has 8 heteroatoms. The van der Waals surface area contributed by atoms with Gasteiger partial charge in [0.25, 0.3) is 0 Å². The van der Waals surface area contributed by atoms with E-state index in [1.165, 1.54) is 0 Å². The Balaban J connectivity index is 1.75. The number of benzene rings is 1. The molecule has 2 aromatic rings. The molecule has 27 heavy (non-hydrogen) atoms. The van der Waals surface area contributed by atoms with Gasteiger partial charge in [-0.2, -0.15) is 0 Å². The lowest BCUT2D eigenvalue weighted by Gasteiger charge is -2.43. The van der Waals surface area contributed by atoms with Crippen LogP contribution in [0.5, 0.6) is 0 Å². The zero-order valence-electron chi connectivity index (χ0n) is 15.6. The van der Waals surface area contributed by atoms with E-state index in [2.05, 4.69) is 34.0 Å². The minimum absolute atomic E-state index is 0.0184. The number of carbonyl (C=O) groups excluding carboxylic acids is 1. The average Bonchev–Trinajstić information content (AvgIpc) is 2.64. The standard InChI is InChI=1S/C19H23Cl2N5O/c1-12(2)16-11-25(18-22-7-6-17(21)24-18)8-9-26(16)19(27)23-15-10-13(3)4-5-14(15)20/h4-7,10,12,16H,8-9,11H2,1-3H3,(H,23,27). The highest BCUT2D eigenvalue weighted by Gasteiger charge is 2.33. The van der Waals surface area contributed by atoms with E-state index in [1.54, 1.807) is 18.3 Å². The van der Waals surface area contributed by atoms with Crippen molar-refractivity contribution < 1.29 is 4.79 Å². The molecule has 1 aromatic carbocycles. The normalized spacial score (nSPS) is 17.3.